The van der Waals surface area contributed by atoms with Crippen LogP contribution in [0.2, 0.25) is 0 Å². The standard InChI is InChI=1S/C12H20N2O3/c1-12(5-3-2-4-6-12)14-11(17)9-8(15)7-13-10(9)16/h8-9,15H,2-7H2,1H3,(H,13,16)(H,14,17). The summed E-state index contributed by atoms with van der Waals surface area (Å²) in [7, 11) is 0. The minimum atomic E-state index is -0.936. The minimum Gasteiger partial charge on any atom is -0.390 e. The Balaban J connectivity index is 1.98. The molecule has 1 saturated heterocycles. The van der Waals surface area contributed by atoms with Crippen molar-refractivity contribution in [3.05, 3.63) is 0 Å². The molecule has 1 aliphatic heterocycles. The molecule has 0 aromatic carbocycles. The number of aliphatic hydroxyl groups excluding tert-OH is 1. The maximum atomic E-state index is 12.0. The van der Waals surface area contributed by atoms with Crippen LogP contribution < -0.4 is 10.6 Å². The molecule has 2 amide bonds. The van der Waals surface area contributed by atoms with Gasteiger partial charge in [-0.15, -0.1) is 0 Å². The van der Waals surface area contributed by atoms with Gasteiger partial charge in [0.15, 0.2) is 0 Å². The molecule has 2 rings (SSSR count). The van der Waals surface area contributed by atoms with E-state index in [1.807, 2.05) is 6.92 Å². The summed E-state index contributed by atoms with van der Waals surface area (Å²) in [6, 6.07) is 0. The topological polar surface area (TPSA) is 78.4 Å². The number of aliphatic hydroxyl groups is 1. The normalized spacial score (nSPS) is 32.0. The summed E-state index contributed by atoms with van der Waals surface area (Å²) in [5.41, 5.74) is -0.210. The fourth-order valence-electron chi connectivity index (χ4n) is 2.73. The summed E-state index contributed by atoms with van der Waals surface area (Å²) < 4.78 is 0. The van der Waals surface area contributed by atoms with Gasteiger partial charge in [-0.05, 0) is 19.8 Å². The molecule has 2 aliphatic rings. The van der Waals surface area contributed by atoms with Gasteiger partial charge in [-0.1, -0.05) is 19.3 Å². The van der Waals surface area contributed by atoms with Crippen LogP contribution in [0.3, 0.4) is 0 Å². The van der Waals surface area contributed by atoms with Crippen LogP contribution in [0.4, 0.5) is 0 Å². The lowest BCUT2D eigenvalue weighted by atomic mass is 9.83. The van der Waals surface area contributed by atoms with E-state index in [1.165, 1.54) is 6.42 Å². The average molecular weight is 240 g/mol. The molecule has 0 spiro atoms. The van der Waals surface area contributed by atoms with Crippen molar-refractivity contribution in [3.8, 4) is 0 Å². The Morgan fingerprint density at radius 3 is 2.59 bits per heavy atom. The molecule has 5 heteroatoms. The predicted octanol–water partition coefficient (Wildman–Crippen LogP) is -0.0677. The molecule has 0 aromatic heterocycles. The lowest BCUT2D eigenvalue weighted by molar-refractivity contribution is -0.136. The van der Waals surface area contributed by atoms with Crippen LogP contribution in [0.15, 0.2) is 0 Å². The molecule has 1 heterocycles. The molecule has 0 radical (unpaired) electrons. The minimum absolute atomic E-state index is 0.174. The number of hydrogen-bond donors (Lipinski definition) is 3. The van der Waals surface area contributed by atoms with Gasteiger partial charge in [0, 0.05) is 12.1 Å². The lowest BCUT2D eigenvalue weighted by Crippen LogP contribution is -2.51. The maximum absolute atomic E-state index is 12.0. The van der Waals surface area contributed by atoms with Crippen molar-refractivity contribution in [3.63, 3.8) is 0 Å². The highest BCUT2D eigenvalue weighted by molar-refractivity contribution is 6.02. The van der Waals surface area contributed by atoms with E-state index in [2.05, 4.69) is 10.6 Å². The largest absolute Gasteiger partial charge is 0.390 e. The van der Waals surface area contributed by atoms with Crippen LogP contribution >= 0.6 is 0 Å². The molecule has 0 aromatic rings. The number of amides is 2. The summed E-state index contributed by atoms with van der Waals surface area (Å²) in [6.07, 6.45) is 4.42. The second-order valence-electron chi connectivity index (χ2n) is 5.40. The van der Waals surface area contributed by atoms with Crippen molar-refractivity contribution in [2.24, 2.45) is 5.92 Å². The van der Waals surface area contributed by atoms with Crippen molar-refractivity contribution in [2.45, 2.75) is 50.7 Å². The van der Waals surface area contributed by atoms with E-state index >= 15 is 0 Å². The molecule has 0 bridgehead atoms. The van der Waals surface area contributed by atoms with Gasteiger partial charge in [0.25, 0.3) is 0 Å². The van der Waals surface area contributed by atoms with Crippen molar-refractivity contribution in [2.75, 3.05) is 6.54 Å². The molecule has 1 aliphatic carbocycles. The molecular formula is C12H20N2O3. The molecular weight excluding hydrogens is 220 g/mol. The Bertz CT molecular complexity index is 324. The third kappa shape index (κ3) is 2.60. The van der Waals surface area contributed by atoms with Gasteiger partial charge < -0.3 is 15.7 Å². The lowest BCUT2D eigenvalue weighted by Gasteiger charge is -2.35. The molecule has 1 saturated carbocycles. The van der Waals surface area contributed by atoms with Crippen LogP contribution in [0, 0.1) is 5.92 Å². The first-order valence-electron chi connectivity index (χ1n) is 6.30. The zero-order valence-electron chi connectivity index (χ0n) is 10.2. The SMILES string of the molecule is CC1(NC(=O)C2C(=O)NCC2O)CCCCC1. The van der Waals surface area contributed by atoms with Crippen LogP contribution in [0.5, 0.6) is 0 Å². The van der Waals surface area contributed by atoms with E-state index in [0.717, 1.165) is 25.7 Å². The number of nitrogens with one attached hydrogen (secondary N) is 2. The van der Waals surface area contributed by atoms with Gasteiger partial charge in [0.2, 0.25) is 11.8 Å². The fraction of sp³-hybridized carbons (Fsp3) is 0.833. The summed E-state index contributed by atoms with van der Waals surface area (Å²) in [5, 5.41) is 15.0. The van der Waals surface area contributed by atoms with E-state index in [4.69, 9.17) is 0 Å². The highest BCUT2D eigenvalue weighted by Crippen LogP contribution is 2.28. The summed E-state index contributed by atoms with van der Waals surface area (Å²) >= 11 is 0. The first kappa shape index (κ1) is 12.4. The Hall–Kier alpha value is -1.10. The van der Waals surface area contributed by atoms with Crippen LogP contribution in [-0.4, -0.2) is 35.1 Å². The second-order valence-corrected chi connectivity index (χ2v) is 5.40. The average Bonchev–Trinajstić information content (AvgIpc) is 2.58. The van der Waals surface area contributed by atoms with E-state index in [9.17, 15) is 14.7 Å². The fourth-order valence-corrected chi connectivity index (χ4v) is 2.73. The van der Waals surface area contributed by atoms with Crippen molar-refractivity contribution in [1.29, 1.82) is 0 Å². The molecule has 2 atom stereocenters. The second kappa shape index (κ2) is 4.64. The maximum Gasteiger partial charge on any atom is 0.235 e. The van der Waals surface area contributed by atoms with Gasteiger partial charge in [-0.25, -0.2) is 0 Å². The predicted molar refractivity (Wildman–Crippen MR) is 62.1 cm³/mol. The Morgan fingerprint density at radius 2 is 2.06 bits per heavy atom. The van der Waals surface area contributed by atoms with Crippen molar-refractivity contribution < 1.29 is 14.7 Å². The summed E-state index contributed by atoms with van der Waals surface area (Å²) in [5.74, 6) is -1.64. The molecule has 96 valence electrons. The molecule has 5 nitrogen and oxygen atoms in total. The zero-order valence-corrected chi connectivity index (χ0v) is 10.2. The third-order valence-electron chi connectivity index (χ3n) is 3.82. The van der Waals surface area contributed by atoms with E-state index in [0.29, 0.717) is 0 Å². The molecule has 2 unspecified atom stereocenters. The quantitative estimate of drug-likeness (QED) is 0.591. The van der Waals surface area contributed by atoms with Crippen LogP contribution in [-0.2, 0) is 9.59 Å². The van der Waals surface area contributed by atoms with Crippen LogP contribution in [0.25, 0.3) is 0 Å². The van der Waals surface area contributed by atoms with Gasteiger partial charge >= 0.3 is 0 Å². The summed E-state index contributed by atoms with van der Waals surface area (Å²) in [4.78, 5) is 23.4. The molecule has 2 fully saturated rings. The van der Waals surface area contributed by atoms with Gasteiger partial charge in [-0.3, -0.25) is 9.59 Å². The van der Waals surface area contributed by atoms with Crippen LogP contribution in [0.1, 0.15) is 39.0 Å². The van der Waals surface area contributed by atoms with Crippen molar-refractivity contribution in [1.82, 2.24) is 10.6 Å². The molecule has 17 heavy (non-hydrogen) atoms. The third-order valence-corrected chi connectivity index (χ3v) is 3.82. The van der Waals surface area contributed by atoms with Gasteiger partial charge in [-0.2, -0.15) is 0 Å². The monoisotopic (exact) mass is 240 g/mol. The smallest absolute Gasteiger partial charge is 0.235 e. The summed E-state index contributed by atoms with van der Waals surface area (Å²) in [6.45, 7) is 2.19. The van der Waals surface area contributed by atoms with E-state index < -0.39 is 12.0 Å². The Labute approximate surface area is 101 Å². The molecule has 3 N–H and O–H groups in total. The van der Waals surface area contributed by atoms with Gasteiger partial charge in [0.1, 0.15) is 5.92 Å². The number of β-amino-alcohol motifs (C(OH)–C–C–N with tert-alkyl or cyclic N) is 1. The first-order chi connectivity index (χ1) is 8.02. The highest BCUT2D eigenvalue weighted by atomic mass is 16.3. The Kier molecular flexibility index (Phi) is 3.38. The Morgan fingerprint density at radius 1 is 1.41 bits per heavy atom. The van der Waals surface area contributed by atoms with Crippen molar-refractivity contribution >= 4 is 11.8 Å². The van der Waals surface area contributed by atoms with Gasteiger partial charge in [0.05, 0.1) is 6.10 Å². The first-order valence-corrected chi connectivity index (χ1v) is 6.30. The number of carbonyl (C=O) groups excluding carboxylic acids is 2. The van der Waals surface area contributed by atoms with E-state index in [-0.39, 0.29) is 23.9 Å². The highest BCUT2D eigenvalue weighted by Gasteiger charge is 2.41. The zero-order chi connectivity index (χ0) is 12.5. The van der Waals surface area contributed by atoms with E-state index in [1.54, 1.807) is 0 Å². The number of carbonyl (C=O) groups is 2. The number of hydrogen-bond acceptors (Lipinski definition) is 3. The number of rotatable bonds is 2.